The second kappa shape index (κ2) is 8.47. The molecule has 0 saturated carbocycles. The van der Waals surface area contributed by atoms with Gasteiger partial charge >= 0.3 is 11.9 Å². The molecule has 1 atom stereocenters. The number of hydrogen-bond donors (Lipinski definition) is 2. The van der Waals surface area contributed by atoms with E-state index >= 15 is 0 Å². The lowest BCUT2D eigenvalue weighted by atomic mass is 10.2. The van der Waals surface area contributed by atoms with Gasteiger partial charge in [0.25, 0.3) is 5.91 Å². The number of amides is 1. The van der Waals surface area contributed by atoms with Gasteiger partial charge in [-0.3, -0.25) is 9.59 Å². The smallest absolute Gasteiger partial charge is 0.332 e. The molecule has 0 aromatic carbocycles. The lowest BCUT2D eigenvalue weighted by molar-refractivity contribution is -0.152. The fourth-order valence-corrected chi connectivity index (χ4v) is 1.54. The van der Waals surface area contributed by atoms with E-state index in [-0.39, 0.29) is 25.6 Å². The Morgan fingerprint density at radius 3 is 2.32 bits per heavy atom. The zero-order valence-electron chi connectivity index (χ0n) is 11.6. The van der Waals surface area contributed by atoms with Crippen LogP contribution >= 0.6 is 0 Å². The Morgan fingerprint density at radius 1 is 1.32 bits per heavy atom. The summed E-state index contributed by atoms with van der Waals surface area (Å²) in [5, 5.41) is 8.57. The summed E-state index contributed by atoms with van der Waals surface area (Å²) in [5.41, 5.74) is 5.53. The molecule has 1 unspecified atom stereocenters. The zero-order chi connectivity index (χ0) is 15.0. The molecule has 0 aliphatic rings. The summed E-state index contributed by atoms with van der Waals surface area (Å²) in [6.07, 6.45) is 0.278. The Balaban J connectivity index is 4.56. The van der Waals surface area contributed by atoms with Crippen LogP contribution < -0.4 is 5.73 Å². The normalized spacial score (nSPS) is 12.1. The Hall–Kier alpha value is -1.63. The van der Waals surface area contributed by atoms with Crippen LogP contribution in [0.2, 0.25) is 0 Å². The van der Waals surface area contributed by atoms with Crippen LogP contribution in [0, 0.1) is 0 Å². The maximum atomic E-state index is 12.0. The highest BCUT2D eigenvalue weighted by Crippen LogP contribution is 2.05. The van der Waals surface area contributed by atoms with Crippen LogP contribution in [0.15, 0.2) is 0 Å². The Labute approximate surface area is 112 Å². The van der Waals surface area contributed by atoms with Crippen LogP contribution in [-0.2, 0) is 19.1 Å². The van der Waals surface area contributed by atoms with E-state index < -0.39 is 23.9 Å². The largest absolute Gasteiger partial charge is 0.481 e. The molecular weight excluding hydrogens is 252 g/mol. The minimum absolute atomic E-state index is 0.0366. The first-order chi connectivity index (χ1) is 8.81. The molecule has 19 heavy (non-hydrogen) atoms. The molecule has 7 nitrogen and oxygen atoms in total. The predicted molar refractivity (Wildman–Crippen MR) is 68.3 cm³/mol. The van der Waals surface area contributed by atoms with Crippen LogP contribution in [0.4, 0.5) is 0 Å². The monoisotopic (exact) mass is 274 g/mol. The van der Waals surface area contributed by atoms with Crippen LogP contribution in [0.3, 0.4) is 0 Å². The van der Waals surface area contributed by atoms with E-state index in [9.17, 15) is 14.4 Å². The molecule has 0 spiro atoms. The first-order valence-electron chi connectivity index (χ1n) is 6.25. The van der Waals surface area contributed by atoms with Crippen molar-refractivity contribution in [3.63, 3.8) is 0 Å². The molecule has 0 bridgehead atoms. The fourth-order valence-electron chi connectivity index (χ4n) is 1.54. The topological polar surface area (TPSA) is 110 Å². The molecule has 0 heterocycles. The Morgan fingerprint density at radius 2 is 1.89 bits per heavy atom. The number of aliphatic carboxylic acids is 1. The number of carboxylic acids is 1. The first-order valence-corrected chi connectivity index (χ1v) is 6.25. The van der Waals surface area contributed by atoms with E-state index in [2.05, 4.69) is 0 Å². The zero-order valence-corrected chi connectivity index (χ0v) is 11.6. The second-order valence-electron chi connectivity index (χ2n) is 4.35. The van der Waals surface area contributed by atoms with Gasteiger partial charge in [0.15, 0.2) is 6.04 Å². The number of carbonyl (C=O) groups excluding carboxylic acids is 2. The van der Waals surface area contributed by atoms with Crippen molar-refractivity contribution in [1.82, 2.24) is 4.90 Å². The third kappa shape index (κ3) is 6.19. The van der Waals surface area contributed by atoms with Gasteiger partial charge in [-0.15, -0.1) is 0 Å². The van der Waals surface area contributed by atoms with Crippen molar-refractivity contribution in [3.8, 4) is 0 Å². The molecule has 0 aliphatic heterocycles. The molecule has 0 fully saturated rings. The highest BCUT2D eigenvalue weighted by atomic mass is 16.5. The van der Waals surface area contributed by atoms with Gasteiger partial charge < -0.3 is 20.5 Å². The van der Waals surface area contributed by atoms with Crippen molar-refractivity contribution in [2.24, 2.45) is 5.73 Å². The van der Waals surface area contributed by atoms with E-state index in [0.717, 1.165) is 0 Å². The number of carboxylic acid groups (broad SMARTS) is 1. The number of rotatable bonds is 8. The van der Waals surface area contributed by atoms with Gasteiger partial charge in [0.1, 0.15) is 0 Å². The van der Waals surface area contributed by atoms with Gasteiger partial charge in [0.05, 0.1) is 6.61 Å². The van der Waals surface area contributed by atoms with Crippen molar-refractivity contribution < 1.29 is 24.2 Å². The number of ether oxygens (including phenoxy) is 1. The Kier molecular flexibility index (Phi) is 7.74. The summed E-state index contributed by atoms with van der Waals surface area (Å²) in [6.45, 7) is 5.58. The highest BCUT2D eigenvalue weighted by Gasteiger charge is 2.29. The van der Waals surface area contributed by atoms with Gasteiger partial charge in [-0.05, 0) is 27.2 Å². The van der Waals surface area contributed by atoms with E-state index in [1.165, 1.54) is 4.90 Å². The second-order valence-corrected chi connectivity index (χ2v) is 4.35. The lowest BCUT2D eigenvalue weighted by Gasteiger charge is -2.28. The summed E-state index contributed by atoms with van der Waals surface area (Å²) in [6, 6.07) is -1.52. The summed E-state index contributed by atoms with van der Waals surface area (Å²) >= 11 is 0. The van der Waals surface area contributed by atoms with Gasteiger partial charge in [0.2, 0.25) is 0 Å². The maximum absolute atomic E-state index is 12.0. The van der Waals surface area contributed by atoms with E-state index in [1.54, 1.807) is 20.8 Å². The van der Waals surface area contributed by atoms with Crippen molar-refractivity contribution in [1.29, 1.82) is 0 Å². The average molecular weight is 274 g/mol. The van der Waals surface area contributed by atoms with Crippen molar-refractivity contribution in [2.75, 3.05) is 13.2 Å². The summed E-state index contributed by atoms with van der Waals surface area (Å²) in [4.78, 5) is 35.3. The molecule has 1 amide bonds. The first kappa shape index (κ1) is 17.4. The van der Waals surface area contributed by atoms with Crippen LogP contribution in [0.25, 0.3) is 0 Å². The number of nitrogens with zero attached hydrogens (tertiary/aromatic N) is 1. The molecule has 110 valence electrons. The molecular formula is C12H22N2O5. The van der Waals surface area contributed by atoms with Gasteiger partial charge in [-0.2, -0.15) is 0 Å². The highest BCUT2D eigenvalue weighted by molar-refractivity contribution is 6.01. The quantitative estimate of drug-likeness (QED) is 0.475. The fraction of sp³-hybridized carbons (Fsp3) is 0.750. The number of nitrogens with two attached hydrogens (primary N) is 1. The molecule has 0 aromatic rings. The molecule has 3 N–H and O–H groups in total. The molecule has 0 saturated heterocycles. The number of carbonyl (C=O) groups is 3. The van der Waals surface area contributed by atoms with Crippen LogP contribution in [0.5, 0.6) is 0 Å². The SMILES string of the molecule is CCOC(=O)C(N)C(=O)N(CCCC(=O)O)C(C)C. The number of esters is 1. The third-order valence-electron chi connectivity index (χ3n) is 2.50. The van der Waals surface area contributed by atoms with Gasteiger partial charge in [-0.25, -0.2) is 4.79 Å². The van der Waals surface area contributed by atoms with Crippen molar-refractivity contribution in [3.05, 3.63) is 0 Å². The van der Waals surface area contributed by atoms with Gasteiger partial charge in [0, 0.05) is 19.0 Å². The van der Waals surface area contributed by atoms with E-state index in [0.29, 0.717) is 6.42 Å². The minimum atomic E-state index is -1.35. The van der Waals surface area contributed by atoms with E-state index in [1.807, 2.05) is 0 Å². The minimum Gasteiger partial charge on any atom is -0.481 e. The lowest BCUT2D eigenvalue weighted by Crippen LogP contribution is -2.51. The average Bonchev–Trinajstić information content (AvgIpc) is 2.32. The summed E-state index contributed by atoms with van der Waals surface area (Å²) in [7, 11) is 0. The molecule has 0 aliphatic carbocycles. The number of hydrogen-bond acceptors (Lipinski definition) is 5. The van der Waals surface area contributed by atoms with Crippen molar-refractivity contribution in [2.45, 2.75) is 45.7 Å². The van der Waals surface area contributed by atoms with Crippen molar-refractivity contribution >= 4 is 17.8 Å². The molecule has 0 rings (SSSR count). The van der Waals surface area contributed by atoms with Gasteiger partial charge in [-0.1, -0.05) is 0 Å². The molecule has 0 aromatic heterocycles. The maximum Gasteiger partial charge on any atom is 0.332 e. The summed E-state index contributed by atoms with van der Waals surface area (Å²) in [5.74, 6) is -2.24. The van der Waals surface area contributed by atoms with Crippen LogP contribution in [0.1, 0.15) is 33.6 Å². The van der Waals surface area contributed by atoms with Crippen LogP contribution in [-0.4, -0.2) is 53.1 Å². The third-order valence-corrected chi connectivity index (χ3v) is 2.50. The summed E-state index contributed by atoms with van der Waals surface area (Å²) < 4.78 is 4.69. The molecule has 7 heteroatoms. The van der Waals surface area contributed by atoms with E-state index in [4.69, 9.17) is 15.6 Å². The molecule has 0 radical (unpaired) electrons. The Bertz CT molecular complexity index is 330. The standard InChI is InChI=1S/C12H22N2O5/c1-4-19-12(18)10(13)11(17)14(8(2)3)7-5-6-9(15)16/h8,10H,4-7,13H2,1-3H3,(H,15,16). The predicted octanol–water partition coefficient (Wildman–Crippen LogP) is -0.0214.